The summed E-state index contributed by atoms with van der Waals surface area (Å²) in [6.45, 7) is 2.18. The normalized spacial score (nSPS) is 22.3. The summed E-state index contributed by atoms with van der Waals surface area (Å²) in [6, 6.07) is -2.94. The molecule has 14 heteroatoms. The summed E-state index contributed by atoms with van der Waals surface area (Å²) in [4.78, 5) is 34.5. The number of carboxylic acid groups (broad SMARTS) is 2. The molecule has 4 atom stereocenters. The highest BCUT2D eigenvalue weighted by Crippen LogP contribution is 2.10. The van der Waals surface area contributed by atoms with Gasteiger partial charge in [-0.3, -0.25) is 34.4 Å². The van der Waals surface area contributed by atoms with E-state index in [2.05, 4.69) is 4.89 Å². The minimum atomic E-state index is -1.18. The third-order valence-electron chi connectivity index (χ3n) is 6.07. The number of aliphatic carboxylic acids is 2. The van der Waals surface area contributed by atoms with Gasteiger partial charge in [0, 0.05) is 58.9 Å². The van der Waals surface area contributed by atoms with E-state index in [0.29, 0.717) is 13.1 Å². The Morgan fingerprint density at radius 2 is 1.18 bits per heavy atom. The molecule has 0 aromatic heterocycles. The molecule has 0 radical (unpaired) electrons. The Kier molecular flexibility index (Phi) is 14.6. The zero-order valence-electron chi connectivity index (χ0n) is 19.6. The Labute approximate surface area is 199 Å². The van der Waals surface area contributed by atoms with Gasteiger partial charge < -0.3 is 30.6 Å². The second kappa shape index (κ2) is 16.3. The summed E-state index contributed by atoms with van der Waals surface area (Å²) in [5.74, 6) is -2.36. The Bertz CT molecular complexity index is 562. The van der Waals surface area contributed by atoms with Gasteiger partial charge in [-0.05, 0) is 6.92 Å². The first-order chi connectivity index (χ1) is 16.2. The minimum Gasteiger partial charge on any atom is -0.480 e. The number of hydrogen-bond donors (Lipinski definition) is 7. The maximum atomic E-state index is 11.7. The van der Waals surface area contributed by atoms with Gasteiger partial charge in [-0.25, -0.2) is 4.89 Å². The zero-order chi connectivity index (χ0) is 25.7. The summed E-state index contributed by atoms with van der Waals surface area (Å²) >= 11 is 0. The second-order valence-electron chi connectivity index (χ2n) is 8.46. The molecule has 0 aliphatic carbocycles. The van der Waals surface area contributed by atoms with Crippen molar-refractivity contribution in [2.24, 2.45) is 0 Å². The molecule has 7 N–H and O–H groups in total. The monoisotopic (exact) mass is 496 g/mol. The number of nitrogens with zero attached hydrogens (tertiary/aromatic N) is 4. The Morgan fingerprint density at radius 3 is 1.50 bits per heavy atom. The number of β-amino-alcohol motifs (C(OH)–C–C–N with tert-alkyl or cyclic N) is 1. The highest BCUT2D eigenvalue weighted by atomic mass is 17.1. The first-order valence-electron chi connectivity index (χ1n) is 11.4. The first-order valence-corrected chi connectivity index (χ1v) is 11.4. The van der Waals surface area contributed by atoms with Gasteiger partial charge in [-0.15, -0.1) is 0 Å². The molecule has 1 heterocycles. The molecule has 1 rings (SSSR count). The van der Waals surface area contributed by atoms with Crippen LogP contribution in [0.1, 0.15) is 6.92 Å². The van der Waals surface area contributed by atoms with Crippen LogP contribution in [0.3, 0.4) is 0 Å². The van der Waals surface area contributed by atoms with E-state index in [4.69, 9.17) is 5.26 Å². The molecule has 1 fully saturated rings. The zero-order valence-corrected chi connectivity index (χ0v) is 19.6. The first kappa shape index (κ1) is 30.6. The summed E-state index contributed by atoms with van der Waals surface area (Å²) in [5, 5.41) is 67.0. The smallest absolute Gasteiger partial charge is 0.323 e. The summed E-state index contributed by atoms with van der Waals surface area (Å²) in [6.07, 6.45) is -0.671. The Balaban J connectivity index is 3.23. The SMILES string of the molecule is CC(O)CN1CCN(C(CO)C(=O)O)CCN(C(CO)COO)CCN(C(CO)C(=O)O)CC1. The van der Waals surface area contributed by atoms with Gasteiger partial charge in [0.1, 0.15) is 12.1 Å². The molecule has 0 amide bonds. The van der Waals surface area contributed by atoms with Crippen LogP contribution in [0, 0.1) is 0 Å². The van der Waals surface area contributed by atoms with Crippen LogP contribution in [0.15, 0.2) is 0 Å². The van der Waals surface area contributed by atoms with Gasteiger partial charge in [-0.2, -0.15) is 0 Å². The second-order valence-corrected chi connectivity index (χ2v) is 8.46. The highest BCUT2D eigenvalue weighted by molar-refractivity contribution is 5.74. The third kappa shape index (κ3) is 10.0. The van der Waals surface area contributed by atoms with Gasteiger partial charge in [0.2, 0.25) is 0 Å². The van der Waals surface area contributed by atoms with E-state index in [9.17, 15) is 40.2 Å². The largest absolute Gasteiger partial charge is 0.480 e. The molecule has 200 valence electrons. The van der Waals surface area contributed by atoms with Crippen LogP contribution in [0.5, 0.6) is 0 Å². The maximum Gasteiger partial charge on any atom is 0.323 e. The van der Waals surface area contributed by atoms with Gasteiger partial charge in [0.25, 0.3) is 0 Å². The lowest BCUT2D eigenvalue weighted by atomic mass is 10.2. The van der Waals surface area contributed by atoms with E-state index in [0.717, 1.165) is 0 Å². The molecule has 4 unspecified atom stereocenters. The molecule has 1 aliphatic rings. The predicted octanol–water partition coefficient (Wildman–Crippen LogP) is -3.67. The maximum absolute atomic E-state index is 11.7. The number of hydrogen-bond acceptors (Lipinski definition) is 12. The van der Waals surface area contributed by atoms with Crippen molar-refractivity contribution in [3.63, 3.8) is 0 Å². The van der Waals surface area contributed by atoms with Crippen LogP contribution in [0.25, 0.3) is 0 Å². The van der Waals surface area contributed by atoms with E-state index >= 15 is 0 Å². The van der Waals surface area contributed by atoms with Gasteiger partial charge in [-0.1, -0.05) is 0 Å². The van der Waals surface area contributed by atoms with Crippen LogP contribution in [-0.2, 0) is 14.5 Å². The van der Waals surface area contributed by atoms with Crippen molar-refractivity contribution >= 4 is 11.9 Å². The average Bonchev–Trinajstić information content (AvgIpc) is 2.77. The molecule has 14 nitrogen and oxygen atoms in total. The van der Waals surface area contributed by atoms with Crippen molar-refractivity contribution in [1.29, 1.82) is 0 Å². The van der Waals surface area contributed by atoms with E-state index in [-0.39, 0.29) is 59.0 Å². The minimum absolute atomic E-state index is 0.199. The lowest BCUT2D eigenvalue weighted by Gasteiger charge is -2.38. The van der Waals surface area contributed by atoms with Gasteiger partial charge in [0.05, 0.1) is 38.6 Å². The Hall–Kier alpha value is -1.46. The highest BCUT2D eigenvalue weighted by Gasteiger charge is 2.30. The lowest BCUT2D eigenvalue weighted by Crippen LogP contribution is -2.56. The molecule has 0 aromatic carbocycles. The van der Waals surface area contributed by atoms with Crippen molar-refractivity contribution < 1.29 is 50.4 Å². The fraction of sp³-hybridized carbons (Fsp3) is 0.900. The molecule has 0 spiro atoms. The Morgan fingerprint density at radius 1 is 0.765 bits per heavy atom. The van der Waals surface area contributed by atoms with Crippen molar-refractivity contribution in [3.05, 3.63) is 0 Å². The molecule has 0 bridgehead atoms. The van der Waals surface area contributed by atoms with Crippen LogP contribution < -0.4 is 0 Å². The van der Waals surface area contributed by atoms with Crippen molar-refractivity contribution in [2.45, 2.75) is 31.2 Å². The van der Waals surface area contributed by atoms with Crippen LogP contribution in [0.2, 0.25) is 0 Å². The van der Waals surface area contributed by atoms with Crippen molar-refractivity contribution in [3.8, 4) is 0 Å². The molecule has 1 saturated heterocycles. The molecule has 34 heavy (non-hydrogen) atoms. The molecular weight excluding hydrogens is 456 g/mol. The number of carboxylic acids is 2. The summed E-state index contributed by atoms with van der Waals surface area (Å²) in [5.41, 5.74) is 0. The molecule has 1 aliphatic heterocycles. The van der Waals surface area contributed by atoms with E-state index in [1.807, 2.05) is 4.90 Å². The quantitative estimate of drug-likeness (QED) is 0.103. The number of aliphatic hydroxyl groups excluding tert-OH is 4. The summed E-state index contributed by atoms with van der Waals surface area (Å²) < 4.78 is 0. The van der Waals surface area contributed by atoms with Crippen molar-refractivity contribution in [2.75, 3.05) is 85.3 Å². The van der Waals surface area contributed by atoms with Crippen LogP contribution >= 0.6 is 0 Å². The van der Waals surface area contributed by atoms with Crippen molar-refractivity contribution in [1.82, 2.24) is 19.6 Å². The standard InChI is InChI=1S/C20H40N4O10/c1-15(28)10-21-2-4-23(17(12-26)19(29)30)8-6-22(16(11-25)14-34-33)7-9-24(5-3-21)18(13-27)20(31)32/h15-18,25-28,33H,2-14H2,1H3,(H,29,30)(H,31,32). The lowest BCUT2D eigenvalue weighted by molar-refractivity contribution is -0.254. The van der Waals surface area contributed by atoms with E-state index in [1.54, 1.807) is 21.6 Å². The number of aliphatic hydroxyl groups is 4. The predicted molar refractivity (Wildman–Crippen MR) is 119 cm³/mol. The summed E-state index contributed by atoms with van der Waals surface area (Å²) in [7, 11) is 0. The molecule has 0 saturated carbocycles. The van der Waals surface area contributed by atoms with Crippen LogP contribution in [-0.4, -0.2) is 177 Å². The average molecular weight is 497 g/mol. The third-order valence-corrected chi connectivity index (χ3v) is 6.07. The number of rotatable bonds is 12. The van der Waals surface area contributed by atoms with E-state index < -0.39 is 49.4 Å². The fourth-order valence-corrected chi connectivity index (χ4v) is 4.10. The van der Waals surface area contributed by atoms with E-state index in [1.165, 1.54) is 0 Å². The van der Waals surface area contributed by atoms with Gasteiger partial charge in [0.15, 0.2) is 0 Å². The fourth-order valence-electron chi connectivity index (χ4n) is 4.10. The molecule has 0 aromatic rings. The molecular formula is C20H40N4O10. The number of carbonyl (C=O) groups is 2. The van der Waals surface area contributed by atoms with Crippen LogP contribution in [0.4, 0.5) is 0 Å². The topological polar surface area (TPSA) is 198 Å². The van der Waals surface area contributed by atoms with Gasteiger partial charge >= 0.3 is 11.9 Å².